The van der Waals surface area contributed by atoms with Crippen LogP contribution in [-0.4, -0.2) is 29.1 Å². The van der Waals surface area contributed by atoms with Gasteiger partial charge in [-0.2, -0.15) is 13.2 Å². The van der Waals surface area contributed by atoms with Crippen molar-refractivity contribution in [2.24, 2.45) is 0 Å². The number of halogens is 3. The van der Waals surface area contributed by atoms with Crippen molar-refractivity contribution in [3.8, 4) is 0 Å². The second-order valence-electron chi connectivity index (χ2n) is 6.25. The zero-order valence-corrected chi connectivity index (χ0v) is 11.9. The fourth-order valence-electron chi connectivity index (χ4n) is 3.65. The Morgan fingerprint density at radius 2 is 2.00 bits per heavy atom. The lowest BCUT2D eigenvalue weighted by molar-refractivity contribution is -0.137. The summed E-state index contributed by atoms with van der Waals surface area (Å²) < 4.78 is 38.5. The number of alkyl halides is 3. The first-order valence-corrected chi connectivity index (χ1v) is 7.53. The van der Waals surface area contributed by atoms with Gasteiger partial charge in [-0.05, 0) is 49.9 Å². The molecule has 0 aliphatic carbocycles. The number of hydrogen-bond donors (Lipinski definition) is 1. The third-order valence-corrected chi connectivity index (χ3v) is 4.86. The monoisotopic (exact) mass is 299 g/mol. The fraction of sp³-hybridized carbons (Fsp3) is 0.625. The molecule has 2 aliphatic heterocycles. The van der Waals surface area contributed by atoms with E-state index in [1.54, 1.807) is 6.07 Å². The zero-order valence-electron chi connectivity index (χ0n) is 11.9. The van der Waals surface area contributed by atoms with E-state index in [1.807, 2.05) is 0 Å². The second-order valence-corrected chi connectivity index (χ2v) is 6.25. The number of hydrogen-bond acceptors (Lipinski definition) is 2. The van der Waals surface area contributed by atoms with E-state index in [1.165, 1.54) is 12.5 Å². The lowest BCUT2D eigenvalue weighted by Gasteiger charge is -2.46. The highest BCUT2D eigenvalue weighted by molar-refractivity contribution is 5.30. The van der Waals surface area contributed by atoms with Gasteiger partial charge in [0, 0.05) is 12.6 Å². The van der Waals surface area contributed by atoms with Crippen LogP contribution in [0.25, 0.3) is 0 Å². The predicted molar refractivity (Wildman–Crippen MR) is 73.8 cm³/mol. The second kappa shape index (κ2) is 5.29. The van der Waals surface area contributed by atoms with Crippen molar-refractivity contribution >= 4 is 0 Å². The Balaban J connectivity index is 1.85. The molecule has 0 aromatic heterocycles. The third-order valence-electron chi connectivity index (χ3n) is 4.86. The SMILES string of the molecule is O[C@]1(c2cccc(C(F)(F)F)c2)CCN2CCCCC2C1. The molecular weight excluding hydrogens is 279 g/mol. The highest BCUT2D eigenvalue weighted by atomic mass is 19.4. The molecule has 1 N–H and O–H groups in total. The maximum absolute atomic E-state index is 12.8. The Morgan fingerprint density at radius 3 is 2.76 bits per heavy atom. The Bertz CT molecular complexity index is 516. The maximum Gasteiger partial charge on any atom is 0.416 e. The Morgan fingerprint density at radius 1 is 1.19 bits per heavy atom. The number of benzene rings is 1. The van der Waals surface area contributed by atoms with Gasteiger partial charge in [-0.15, -0.1) is 0 Å². The molecule has 2 heterocycles. The maximum atomic E-state index is 12.8. The number of nitrogens with zero attached hydrogens (tertiary/aromatic N) is 1. The van der Waals surface area contributed by atoms with E-state index in [9.17, 15) is 18.3 Å². The molecule has 5 heteroatoms. The predicted octanol–water partition coefficient (Wildman–Crippen LogP) is 3.54. The lowest BCUT2D eigenvalue weighted by Crippen LogP contribution is -2.51. The van der Waals surface area contributed by atoms with Gasteiger partial charge >= 0.3 is 6.18 Å². The van der Waals surface area contributed by atoms with Gasteiger partial charge in [0.15, 0.2) is 0 Å². The lowest BCUT2D eigenvalue weighted by atomic mass is 9.78. The summed E-state index contributed by atoms with van der Waals surface area (Å²) in [6.07, 6.45) is 0.0244. The minimum Gasteiger partial charge on any atom is -0.385 e. The molecule has 0 amide bonds. The van der Waals surface area contributed by atoms with Crippen LogP contribution < -0.4 is 0 Å². The van der Waals surface area contributed by atoms with Gasteiger partial charge < -0.3 is 10.0 Å². The molecule has 21 heavy (non-hydrogen) atoms. The van der Waals surface area contributed by atoms with Crippen molar-refractivity contribution < 1.29 is 18.3 Å². The van der Waals surface area contributed by atoms with E-state index >= 15 is 0 Å². The molecule has 0 spiro atoms. The molecule has 1 aromatic rings. The smallest absolute Gasteiger partial charge is 0.385 e. The van der Waals surface area contributed by atoms with Crippen LogP contribution in [0.1, 0.15) is 43.2 Å². The summed E-state index contributed by atoms with van der Waals surface area (Å²) in [5, 5.41) is 10.9. The van der Waals surface area contributed by atoms with E-state index in [4.69, 9.17) is 0 Å². The normalized spacial score (nSPS) is 31.0. The van der Waals surface area contributed by atoms with E-state index in [2.05, 4.69) is 4.90 Å². The molecule has 0 radical (unpaired) electrons. The Labute approximate surface area is 122 Å². The fourth-order valence-corrected chi connectivity index (χ4v) is 3.65. The number of fused-ring (bicyclic) bond motifs is 1. The highest BCUT2D eigenvalue weighted by Crippen LogP contribution is 2.40. The van der Waals surface area contributed by atoms with Crippen LogP contribution in [-0.2, 0) is 11.8 Å². The molecule has 2 saturated heterocycles. The largest absolute Gasteiger partial charge is 0.416 e. The van der Waals surface area contributed by atoms with Crippen molar-refractivity contribution in [2.75, 3.05) is 13.1 Å². The first-order chi connectivity index (χ1) is 9.88. The molecule has 0 bridgehead atoms. The van der Waals surface area contributed by atoms with Crippen molar-refractivity contribution in [2.45, 2.75) is 49.9 Å². The van der Waals surface area contributed by atoms with E-state index in [-0.39, 0.29) is 0 Å². The first-order valence-electron chi connectivity index (χ1n) is 7.53. The molecule has 1 aromatic carbocycles. The first kappa shape index (κ1) is 14.9. The van der Waals surface area contributed by atoms with Crippen LogP contribution in [0, 0.1) is 0 Å². The molecule has 2 nitrogen and oxygen atoms in total. The van der Waals surface area contributed by atoms with Crippen molar-refractivity contribution in [1.29, 1.82) is 0 Å². The molecular formula is C16H20F3NO. The molecule has 116 valence electrons. The number of aliphatic hydroxyl groups is 1. The zero-order chi connectivity index (χ0) is 15.1. The van der Waals surface area contributed by atoms with Crippen LogP contribution in [0.3, 0.4) is 0 Å². The van der Waals surface area contributed by atoms with Crippen molar-refractivity contribution in [3.05, 3.63) is 35.4 Å². The van der Waals surface area contributed by atoms with Gasteiger partial charge in [0.1, 0.15) is 0 Å². The minimum absolute atomic E-state index is 0.298. The van der Waals surface area contributed by atoms with Crippen LogP contribution >= 0.6 is 0 Å². The van der Waals surface area contributed by atoms with Gasteiger partial charge in [0.25, 0.3) is 0 Å². The average molecular weight is 299 g/mol. The summed E-state index contributed by atoms with van der Waals surface area (Å²) >= 11 is 0. The van der Waals surface area contributed by atoms with Gasteiger partial charge in [-0.3, -0.25) is 0 Å². The molecule has 2 aliphatic rings. The molecule has 3 rings (SSSR count). The van der Waals surface area contributed by atoms with Gasteiger partial charge in [-0.25, -0.2) is 0 Å². The quantitative estimate of drug-likeness (QED) is 0.857. The van der Waals surface area contributed by atoms with E-state index < -0.39 is 17.3 Å². The topological polar surface area (TPSA) is 23.5 Å². The molecule has 2 atom stereocenters. The van der Waals surface area contributed by atoms with Gasteiger partial charge in [0.05, 0.1) is 11.2 Å². The average Bonchev–Trinajstić information content (AvgIpc) is 2.46. The molecule has 2 fully saturated rings. The Kier molecular flexibility index (Phi) is 3.74. The van der Waals surface area contributed by atoms with Gasteiger partial charge in [0.2, 0.25) is 0 Å². The van der Waals surface area contributed by atoms with Crippen molar-refractivity contribution in [3.63, 3.8) is 0 Å². The van der Waals surface area contributed by atoms with Crippen LogP contribution in [0.5, 0.6) is 0 Å². The van der Waals surface area contributed by atoms with Gasteiger partial charge in [-0.1, -0.05) is 18.6 Å². The molecule has 0 saturated carbocycles. The van der Waals surface area contributed by atoms with E-state index in [0.29, 0.717) is 24.4 Å². The molecule has 1 unspecified atom stereocenters. The summed E-state index contributed by atoms with van der Waals surface area (Å²) in [4.78, 5) is 2.37. The summed E-state index contributed by atoms with van der Waals surface area (Å²) in [6, 6.07) is 5.48. The summed E-state index contributed by atoms with van der Waals surface area (Å²) in [5.74, 6) is 0. The van der Waals surface area contributed by atoms with Crippen LogP contribution in [0.4, 0.5) is 13.2 Å². The Hall–Kier alpha value is -1.07. The summed E-state index contributed by atoms with van der Waals surface area (Å²) in [6.45, 7) is 1.81. The highest BCUT2D eigenvalue weighted by Gasteiger charge is 2.41. The summed E-state index contributed by atoms with van der Waals surface area (Å²) in [7, 11) is 0. The number of piperidine rings is 2. The van der Waals surface area contributed by atoms with E-state index in [0.717, 1.165) is 38.1 Å². The van der Waals surface area contributed by atoms with Crippen LogP contribution in [0.15, 0.2) is 24.3 Å². The van der Waals surface area contributed by atoms with Crippen LogP contribution in [0.2, 0.25) is 0 Å². The van der Waals surface area contributed by atoms with Crippen molar-refractivity contribution in [1.82, 2.24) is 4.90 Å². The minimum atomic E-state index is -4.36. The standard InChI is InChI=1S/C16H20F3NO/c17-16(18,19)13-5-3-4-12(10-13)15(21)7-9-20-8-2-1-6-14(20)11-15/h3-5,10,14,21H,1-2,6-9,11H2/t14?,15-/m1/s1. The number of rotatable bonds is 1. The third kappa shape index (κ3) is 2.94. The summed E-state index contributed by atoms with van der Waals surface area (Å²) in [5.41, 5.74) is -1.40.